The molecule has 0 atom stereocenters. The second-order valence-electron chi connectivity index (χ2n) is 2.22. The van der Waals surface area contributed by atoms with Gasteiger partial charge in [-0.1, -0.05) is 0 Å². The molecule has 0 saturated carbocycles. The van der Waals surface area contributed by atoms with E-state index in [-0.39, 0.29) is 5.82 Å². The van der Waals surface area contributed by atoms with Crippen LogP contribution in [0.25, 0.3) is 0 Å². The number of hydrogen-bond acceptors (Lipinski definition) is 1. The average Bonchev–Trinajstić information content (AvgIpc) is 1.88. The van der Waals surface area contributed by atoms with E-state index in [0.717, 1.165) is 4.35 Å². The first-order valence-electron chi connectivity index (χ1n) is 2.98. The molecule has 0 spiro atoms. The third kappa shape index (κ3) is 1.57. The van der Waals surface area contributed by atoms with E-state index in [1.807, 2.05) is 0 Å². The Morgan fingerprint density at radius 1 is 1.50 bits per heavy atom. The molecule has 0 N–H and O–H groups in total. The maximum atomic E-state index is 12.8. The van der Waals surface area contributed by atoms with Crippen LogP contribution in [0.1, 0.15) is 0 Å². The number of halogens is 1. The molecule has 0 aliphatic carbocycles. The molecular weight excluding hydrogens is 192 g/mol. The van der Waals surface area contributed by atoms with Gasteiger partial charge in [-0.15, -0.1) is 0 Å². The normalized spacial score (nSPS) is 10.4. The standard InChI is InChI=1S/C7H9AsFN/c1-8(2)6-5-10-4-3-7(6)9/h3-5H,1-2H3. The summed E-state index contributed by atoms with van der Waals surface area (Å²) in [7, 11) is 0. The SMILES string of the molecule is C[As](C)c1cnccc1F. The molecule has 10 heavy (non-hydrogen) atoms. The summed E-state index contributed by atoms with van der Waals surface area (Å²) >= 11 is -1.07. The number of nitrogens with zero attached hydrogens (tertiary/aromatic N) is 1. The summed E-state index contributed by atoms with van der Waals surface area (Å²) in [5.74, 6) is -0.0972. The number of pyridine rings is 1. The van der Waals surface area contributed by atoms with Gasteiger partial charge in [0, 0.05) is 0 Å². The molecule has 0 aliphatic heterocycles. The van der Waals surface area contributed by atoms with Gasteiger partial charge in [-0.3, -0.25) is 0 Å². The van der Waals surface area contributed by atoms with Crippen LogP contribution in [-0.2, 0) is 0 Å². The van der Waals surface area contributed by atoms with Gasteiger partial charge in [0.05, 0.1) is 0 Å². The van der Waals surface area contributed by atoms with Crippen LogP contribution < -0.4 is 4.35 Å². The van der Waals surface area contributed by atoms with E-state index in [0.29, 0.717) is 0 Å². The molecule has 0 bridgehead atoms. The second-order valence-corrected chi connectivity index (χ2v) is 6.99. The molecule has 0 aromatic carbocycles. The summed E-state index contributed by atoms with van der Waals surface area (Å²) < 4.78 is 13.7. The van der Waals surface area contributed by atoms with Crippen LogP contribution in [0.15, 0.2) is 18.5 Å². The van der Waals surface area contributed by atoms with E-state index in [1.165, 1.54) is 12.3 Å². The third-order valence-electron chi connectivity index (χ3n) is 1.23. The minimum atomic E-state index is -1.07. The van der Waals surface area contributed by atoms with Crippen LogP contribution in [0, 0.1) is 5.82 Å². The molecule has 0 saturated heterocycles. The van der Waals surface area contributed by atoms with Crippen LogP contribution in [0.4, 0.5) is 4.39 Å². The average molecular weight is 201 g/mol. The maximum absolute atomic E-state index is 12.8. The van der Waals surface area contributed by atoms with Gasteiger partial charge in [-0.05, 0) is 0 Å². The molecule has 0 aliphatic rings. The zero-order valence-corrected chi connectivity index (χ0v) is 7.88. The van der Waals surface area contributed by atoms with Crippen molar-refractivity contribution in [2.75, 3.05) is 0 Å². The Hall–Kier alpha value is -0.362. The van der Waals surface area contributed by atoms with E-state index in [1.54, 1.807) is 6.20 Å². The fraction of sp³-hybridized carbons (Fsp3) is 0.286. The summed E-state index contributed by atoms with van der Waals surface area (Å²) in [5, 5.41) is 0. The van der Waals surface area contributed by atoms with E-state index < -0.39 is 14.7 Å². The van der Waals surface area contributed by atoms with Crippen molar-refractivity contribution in [1.82, 2.24) is 4.98 Å². The molecule has 1 rings (SSSR count). The number of hydrogen-bond donors (Lipinski definition) is 0. The van der Waals surface area contributed by atoms with Crippen molar-refractivity contribution in [3.63, 3.8) is 0 Å². The van der Waals surface area contributed by atoms with Crippen LogP contribution in [-0.4, -0.2) is 19.6 Å². The van der Waals surface area contributed by atoms with Gasteiger partial charge in [0.25, 0.3) is 0 Å². The molecule has 0 fully saturated rings. The van der Waals surface area contributed by atoms with Crippen molar-refractivity contribution in [2.45, 2.75) is 11.4 Å². The van der Waals surface area contributed by atoms with Crippen LogP contribution in [0.2, 0.25) is 11.4 Å². The molecule has 1 aromatic heterocycles. The van der Waals surface area contributed by atoms with Gasteiger partial charge in [0.1, 0.15) is 0 Å². The van der Waals surface area contributed by atoms with Gasteiger partial charge >= 0.3 is 64.1 Å². The Balaban J connectivity index is 3.03. The Kier molecular flexibility index (Phi) is 2.44. The molecule has 0 amide bonds. The fourth-order valence-corrected chi connectivity index (χ4v) is 2.38. The van der Waals surface area contributed by atoms with E-state index in [9.17, 15) is 4.39 Å². The van der Waals surface area contributed by atoms with Crippen molar-refractivity contribution in [1.29, 1.82) is 0 Å². The molecule has 0 unspecified atom stereocenters. The molecule has 0 radical (unpaired) electrons. The summed E-state index contributed by atoms with van der Waals surface area (Å²) in [5.41, 5.74) is 4.18. The molecule has 1 aromatic rings. The van der Waals surface area contributed by atoms with Gasteiger partial charge in [-0.2, -0.15) is 0 Å². The molecule has 1 heterocycles. The topological polar surface area (TPSA) is 12.9 Å². The number of rotatable bonds is 1. The summed E-state index contributed by atoms with van der Waals surface area (Å²) in [6.07, 6.45) is 3.12. The summed E-state index contributed by atoms with van der Waals surface area (Å²) in [6, 6.07) is 1.42. The van der Waals surface area contributed by atoms with E-state index in [4.69, 9.17) is 0 Å². The van der Waals surface area contributed by atoms with Crippen LogP contribution >= 0.6 is 0 Å². The van der Waals surface area contributed by atoms with Gasteiger partial charge in [0.15, 0.2) is 0 Å². The van der Waals surface area contributed by atoms with Gasteiger partial charge < -0.3 is 0 Å². The van der Waals surface area contributed by atoms with Gasteiger partial charge in [-0.25, -0.2) is 0 Å². The Morgan fingerprint density at radius 2 is 2.20 bits per heavy atom. The first kappa shape index (κ1) is 7.74. The van der Waals surface area contributed by atoms with Crippen LogP contribution in [0.3, 0.4) is 0 Å². The molecule has 1 nitrogen and oxygen atoms in total. The van der Waals surface area contributed by atoms with Crippen LogP contribution in [0.5, 0.6) is 0 Å². The minimum absolute atomic E-state index is 0.0972. The molecule has 54 valence electrons. The fourth-order valence-electron chi connectivity index (χ4n) is 0.698. The van der Waals surface area contributed by atoms with Gasteiger partial charge in [0.2, 0.25) is 0 Å². The van der Waals surface area contributed by atoms with Crippen molar-refractivity contribution in [2.24, 2.45) is 0 Å². The summed E-state index contributed by atoms with van der Waals surface area (Å²) in [4.78, 5) is 3.86. The quantitative estimate of drug-likeness (QED) is 0.621. The van der Waals surface area contributed by atoms with Crippen molar-refractivity contribution in [3.05, 3.63) is 24.3 Å². The molecular formula is C7H9AsFN. The number of aromatic nitrogens is 1. The first-order chi connectivity index (χ1) is 4.72. The van der Waals surface area contributed by atoms with E-state index in [2.05, 4.69) is 16.4 Å². The molecule has 3 heteroatoms. The zero-order chi connectivity index (χ0) is 7.56. The summed E-state index contributed by atoms with van der Waals surface area (Å²) in [6.45, 7) is 0. The van der Waals surface area contributed by atoms with Crippen molar-refractivity contribution < 1.29 is 4.39 Å². The Bertz CT molecular complexity index is 225. The second kappa shape index (κ2) is 3.16. The van der Waals surface area contributed by atoms with Crippen molar-refractivity contribution >= 4 is 19.0 Å². The third-order valence-corrected chi connectivity index (χ3v) is 3.94. The Labute approximate surface area is 64.5 Å². The predicted octanol–water partition coefficient (Wildman–Crippen LogP) is 1.18. The van der Waals surface area contributed by atoms with E-state index >= 15 is 0 Å². The Morgan fingerprint density at radius 3 is 2.60 bits per heavy atom. The monoisotopic (exact) mass is 201 g/mol. The first-order valence-corrected chi connectivity index (χ1v) is 7.68. The predicted molar refractivity (Wildman–Crippen MR) is 41.3 cm³/mol. The zero-order valence-electron chi connectivity index (χ0n) is 6.00. The van der Waals surface area contributed by atoms with Crippen molar-refractivity contribution in [3.8, 4) is 0 Å².